The normalized spacial score (nSPS) is 8.15. The van der Waals surface area contributed by atoms with Gasteiger partial charge in [-0.3, -0.25) is 10.1 Å². The molecule has 0 aliphatic heterocycles. The van der Waals surface area contributed by atoms with Crippen molar-refractivity contribution in [1.82, 2.24) is 0 Å². The molecule has 0 heterocycles. The second-order valence-corrected chi connectivity index (χ2v) is 3.33. The van der Waals surface area contributed by atoms with Crippen LogP contribution in [0.15, 0.2) is 18.2 Å². The number of anilines is 2. The predicted molar refractivity (Wildman–Crippen MR) is 84.2 cm³/mol. The Morgan fingerprint density at radius 3 is 2.05 bits per heavy atom. The van der Waals surface area contributed by atoms with Gasteiger partial charge < -0.3 is 10.1 Å². The lowest BCUT2D eigenvalue weighted by Crippen LogP contribution is -2.12. The zero-order chi connectivity index (χ0) is 16.1. The fourth-order valence-corrected chi connectivity index (χ4v) is 1.20. The summed E-state index contributed by atoms with van der Waals surface area (Å²) in [7, 11) is 1.29. The number of aryl methyl sites for hydroxylation is 1. The molecule has 0 saturated carbocycles. The summed E-state index contributed by atoms with van der Waals surface area (Å²) in [5, 5.41) is 5.19. The number of carbonyl (C=O) groups is 2. The maximum Gasteiger partial charge on any atom is 0.411 e. The number of nitrogens with one attached hydrogen (secondary N) is 2. The first-order valence-electron chi connectivity index (χ1n) is 6.76. The summed E-state index contributed by atoms with van der Waals surface area (Å²) in [4.78, 5) is 21.9. The van der Waals surface area contributed by atoms with Crippen LogP contribution in [-0.4, -0.2) is 19.1 Å². The number of ether oxygens (including phenoxy) is 1. The van der Waals surface area contributed by atoms with Crippen molar-refractivity contribution in [2.75, 3.05) is 17.7 Å². The van der Waals surface area contributed by atoms with Crippen molar-refractivity contribution in [3.63, 3.8) is 0 Å². The fraction of sp³-hybridized carbons (Fsp3) is 0.467. The molecule has 0 aromatic heterocycles. The summed E-state index contributed by atoms with van der Waals surface area (Å²) >= 11 is 0. The predicted octanol–water partition coefficient (Wildman–Crippen LogP) is 4.18. The first kappa shape index (κ1) is 20.3. The molecule has 1 aromatic carbocycles. The van der Waals surface area contributed by atoms with Gasteiger partial charge in [0.15, 0.2) is 0 Å². The van der Waals surface area contributed by atoms with E-state index in [4.69, 9.17) is 0 Å². The van der Waals surface area contributed by atoms with E-state index >= 15 is 0 Å². The highest BCUT2D eigenvalue weighted by Gasteiger charge is 2.05. The van der Waals surface area contributed by atoms with Crippen molar-refractivity contribution in [3.8, 4) is 0 Å². The lowest BCUT2D eigenvalue weighted by Gasteiger charge is -2.09. The van der Waals surface area contributed by atoms with Gasteiger partial charge in [0, 0.05) is 18.3 Å². The van der Waals surface area contributed by atoms with Crippen LogP contribution >= 0.6 is 0 Å². The van der Waals surface area contributed by atoms with E-state index in [0.29, 0.717) is 11.4 Å². The second kappa shape index (κ2) is 12.0. The van der Waals surface area contributed by atoms with E-state index in [1.54, 1.807) is 18.2 Å². The molecule has 0 fully saturated rings. The van der Waals surface area contributed by atoms with Gasteiger partial charge in [-0.25, -0.2) is 4.79 Å². The SMILES string of the molecule is CC.CC.COC(=O)Nc1cc(NC(C)=O)ccc1C. The minimum Gasteiger partial charge on any atom is -0.453 e. The largest absolute Gasteiger partial charge is 0.453 e. The molecule has 20 heavy (non-hydrogen) atoms. The Bertz CT molecular complexity index is 418. The Kier molecular flexibility index (Phi) is 12.2. The first-order valence-corrected chi connectivity index (χ1v) is 6.76. The average molecular weight is 282 g/mol. The van der Waals surface area contributed by atoms with Crippen LogP contribution in [0.4, 0.5) is 16.2 Å². The van der Waals surface area contributed by atoms with Gasteiger partial charge in [-0.2, -0.15) is 0 Å². The van der Waals surface area contributed by atoms with E-state index in [1.807, 2.05) is 34.6 Å². The quantitative estimate of drug-likeness (QED) is 0.854. The van der Waals surface area contributed by atoms with Crippen molar-refractivity contribution in [3.05, 3.63) is 23.8 Å². The summed E-state index contributed by atoms with van der Waals surface area (Å²) in [6.45, 7) is 11.3. The zero-order valence-corrected chi connectivity index (χ0v) is 13.5. The molecule has 0 spiro atoms. The Balaban J connectivity index is 0. The van der Waals surface area contributed by atoms with Crippen molar-refractivity contribution in [2.45, 2.75) is 41.5 Å². The zero-order valence-electron chi connectivity index (χ0n) is 13.5. The summed E-state index contributed by atoms with van der Waals surface area (Å²) in [5.74, 6) is -0.159. The molecule has 5 nitrogen and oxygen atoms in total. The van der Waals surface area contributed by atoms with Crippen LogP contribution in [0.25, 0.3) is 0 Å². The van der Waals surface area contributed by atoms with E-state index < -0.39 is 6.09 Å². The maximum absolute atomic E-state index is 11.0. The number of benzene rings is 1. The minimum absolute atomic E-state index is 0.159. The average Bonchev–Trinajstić information content (AvgIpc) is 2.46. The second-order valence-electron chi connectivity index (χ2n) is 3.33. The minimum atomic E-state index is -0.539. The lowest BCUT2D eigenvalue weighted by atomic mass is 10.2. The van der Waals surface area contributed by atoms with Crippen molar-refractivity contribution in [2.24, 2.45) is 0 Å². The van der Waals surface area contributed by atoms with Gasteiger partial charge in [0.2, 0.25) is 5.91 Å². The smallest absolute Gasteiger partial charge is 0.411 e. The molecule has 0 aliphatic carbocycles. The number of hydrogen-bond acceptors (Lipinski definition) is 3. The number of hydrogen-bond donors (Lipinski definition) is 2. The molecule has 0 aliphatic rings. The van der Waals surface area contributed by atoms with Gasteiger partial charge in [0.05, 0.1) is 7.11 Å². The number of carbonyl (C=O) groups excluding carboxylic acids is 2. The molecule has 0 atom stereocenters. The molecular weight excluding hydrogens is 256 g/mol. The molecule has 0 saturated heterocycles. The van der Waals surface area contributed by atoms with Crippen LogP contribution in [-0.2, 0) is 9.53 Å². The molecule has 114 valence electrons. The third kappa shape index (κ3) is 8.13. The Morgan fingerprint density at radius 1 is 1.05 bits per heavy atom. The van der Waals surface area contributed by atoms with E-state index in [9.17, 15) is 9.59 Å². The highest BCUT2D eigenvalue weighted by molar-refractivity contribution is 5.91. The molecule has 2 amide bonds. The fourth-order valence-electron chi connectivity index (χ4n) is 1.20. The van der Waals surface area contributed by atoms with E-state index in [2.05, 4.69) is 15.4 Å². The van der Waals surface area contributed by atoms with Crippen molar-refractivity contribution < 1.29 is 14.3 Å². The van der Waals surface area contributed by atoms with Crippen molar-refractivity contribution >= 4 is 23.4 Å². The van der Waals surface area contributed by atoms with Gasteiger partial charge in [-0.1, -0.05) is 33.8 Å². The molecule has 1 rings (SSSR count). The lowest BCUT2D eigenvalue weighted by molar-refractivity contribution is -0.114. The highest BCUT2D eigenvalue weighted by Crippen LogP contribution is 2.20. The van der Waals surface area contributed by atoms with E-state index in [-0.39, 0.29) is 5.91 Å². The molecular formula is C15H26N2O3. The van der Waals surface area contributed by atoms with Crippen LogP contribution in [0, 0.1) is 6.92 Å². The maximum atomic E-state index is 11.0. The van der Waals surface area contributed by atoms with Gasteiger partial charge in [0.1, 0.15) is 0 Å². The summed E-state index contributed by atoms with van der Waals surface area (Å²) < 4.78 is 4.49. The molecule has 5 heteroatoms. The first-order chi connectivity index (χ1) is 9.52. The topological polar surface area (TPSA) is 67.4 Å². The van der Waals surface area contributed by atoms with Gasteiger partial charge >= 0.3 is 6.09 Å². The molecule has 0 unspecified atom stereocenters. The van der Waals surface area contributed by atoms with Gasteiger partial charge in [0.25, 0.3) is 0 Å². The van der Waals surface area contributed by atoms with Gasteiger partial charge in [-0.05, 0) is 24.6 Å². The third-order valence-electron chi connectivity index (χ3n) is 1.98. The highest BCUT2D eigenvalue weighted by atomic mass is 16.5. The Morgan fingerprint density at radius 2 is 1.60 bits per heavy atom. The monoisotopic (exact) mass is 282 g/mol. The van der Waals surface area contributed by atoms with Crippen LogP contribution in [0.3, 0.4) is 0 Å². The summed E-state index contributed by atoms with van der Waals surface area (Å²) in [6.07, 6.45) is -0.539. The molecule has 0 radical (unpaired) electrons. The van der Waals surface area contributed by atoms with Crippen LogP contribution in [0.5, 0.6) is 0 Å². The summed E-state index contributed by atoms with van der Waals surface area (Å²) in [6, 6.07) is 5.24. The van der Waals surface area contributed by atoms with E-state index in [1.165, 1.54) is 14.0 Å². The van der Waals surface area contributed by atoms with Gasteiger partial charge in [-0.15, -0.1) is 0 Å². The standard InChI is InChI=1S/C11H14N2O3.2C2H6/c1-7-4-5-9(12-8(2)14)6-10(7)13-11(15)16-3;2*1-2/h4-6H,1-3H3,(H,12,14)(H,13,15);2*1-2H3. The summed E-state index contributed by atoms with van der Waals surface area (Å²) in [5.41, 5.74) is 2.13. The van der Waals surface area contributed by atoms with Crippen LogP contribution in [0.1, 0.15) is 40.2 Å². The third-order valence-corrected chi connectivity index (χ3v) is 1.98. The van der Waals surface area contributed by atoms with E-state index in [0.717, 1.165) is 5.56 Å². The van der Waals surface area contributed by atoms with Crippen LogP contribution in [0.2, 0.25) is 0 Å². The Hall–Kier alpha value is -2.04. The van der Waals surface area contributed by atoms with Crippen molar-refractivity contribution in [1.29, 1.82) is 0 Å². The number of amides is 2. The molecule has 0 bridgehead atoms. The van der Waals surface area contributed by atoms with Crippen LogP contribution < -0.4 is 10.6 Å². The molecule has 1 aromatic rings. The number of rotatable bonds is 2. The Labute approximate surface area is 121 Å². The molecule has 2 N–H and O–H groups in total. The number of methoxy groups -OCH3 is 1.